The highest BCUT2D eigenvalue weighted by Crippen LogP contribution is 2.28. The van der Waals surface area contributed by atoms with E-state index in [1.807, 2.05) is 0 Å². The molecule has 0 radical (unpaired) electrons. The van der Waals surface area contributed by atoms with Crippen molar-refractivity contribution in [1.29, 1.82) is 0 Å². The minimum Gasteiger partial charge on any atom is -0.336 e. The van der Waals surface area contributed by atoms with Crippen LogP contribution in [0.4, 0.5) is 15.9 Å². The zero-order valence-electron chi connectivity index (χ0n) is 8.09. The average molecular weight is 323 g/mol. The molecule has 1 N–H and O–H groups in total. The second-order valence-corrected chi connectivity index (χ2v) is 4.85. The summed E-state index contributed by atoms with van der Waals surface area (Å²) in [5.41, 5.74) is 1.51. The largest absolute Gasteiger partial charge is 0.336 e. The molecule has 1 heterocycles. The van der Waals surface area contributed by atoms with Crippen LogP contribution in [0.25, 0.3) is 0 Å². The molecule has 0 saturated carbocycles. The minimum absolute atomic E-state index is 0.300. The number of nitrogens with zero attached hydrogens (tertiary/aromatic N) is 2. The summed E-state index contributed by atoms with van der Waals surface area (Å²) in [7, 11) is 0. The van der Waals surface area contributed by atoms with Gasteiger partial charge in [0.1, 0.15) is 5.82 Å². The van der Waals surface area contributed by atoms with Gasteiger partial charge in [-0.15, -0.1) is 0 Å². The van der Waals surface area contributed by atoms with E-state index >= 15 is 0 Å². The Morgan fingerprint density at radius 1 is 1.44 bits per heavy atom. The molecule has 0 aliphatic carbocycles. The lowest BCUT2D eigenvalue weighted by Gasteiger charge is -2.08. The zero-order chi connectivity index (χ0) is 11.7. The van der Waals surface area contributed by atoms with Gasteiger partial charge in [0.2, 0.25) is 0 Å². The lowest BCUT2D eigenvalue weighted by Crippen LogP contribution is -1.95. The van der Waals surface area contributed by atoms with Gasteiger partial charge in [0.25, 0.3) is 0 Å². The van der Waals surface area contributed by atoms with Gasteiger partial charge in [-0.3, -0.25) is 0 Å². The number of aryl methyl sites for hydroxylation is 1. The summed E-state index contributed by atoms with van der Waals surface area (Å²) in [5, 5.41) is 3.31. The number of aromatic nitrogens is 2. The van der Waals surface area contributed by atoms with Crippen LogP contribution in [0.2, 0.25) is 5.15 Å². The molecule has 0 amide bonds. The van der Waals surface area contributed by atoms with Crippen LogP contribution in [0.3, 0.4) is 0 Å². The number of hydrogen-bond donors (Lipinski definition) is 1. The first-order valence-electron chi connectivity index (χ1n) is 4.28. The average Bonchev–Trinajstić information content (AvgIpc) is 2.61. The van der Waals surface area contributed by atoms with Crippen molar-refractivity contribution in [1.82, 2.24) is 8.75 Å². The molecular weight excluding hydrogens is 317 g/mol. The number of hydrogen-bond acceptors (Lipinski definition) is 4. The fourth-order valence-electron chi connectivity index (χ4n) is 1.16. The highest BCUT2D eigenvalue weighted by Gasteiger charge is 2.09. The van der Waals surface area contributed by atoms with Gasteiger partial charge in [-0.1, -0.05) is 11.6 Å². The van der Waals surface area contributed by atoms with Crippen LogP contribution in [0.15, 0.2) is 16.6 Å². The van der Waals surface area contributed by atoms with Crippen LogP contribution >= 0.6 is 39.3 Å². The molecule has 0 bridgehead atoms. The third-order valence-electron chi connectivity index (χ3n) is 1.97. The van der Waals surface area contributed by atoms with Crippen molar-refractivity contribution < 1.29 is 4.39 Å². The van der Waals surface area contributed by atoms with Crippen LogP contribution in [0, 0.1) is 12.7 Å². The maximum atomic E-state index is 13.2. The van der Waals surface area contributed by atoms with E-state index in [-0.39, 0.29) is 5.82 Å². The van der Waals surface area contributed by atoms with Crippen LogP contribution in [-0.2, 0) is 0 Å². The van der Waals surface area contributed by atoms with Crippen molar-refractivity contribution in [2.45, 2.75) is 6.92 Å². The van der Waals surface area contributed by atoms with Gasteiger partial charge < -0.3 is 5.32 Å². The molecule has 0 unspecified atom stereocenters. The van der Waals surface area contributed by atoms with Crippen molar-refractivity contribution >= 4 is 50.8 Å². The Kier molecular flexibility index (Phi) is 3.41. The van der Waals surface area contributed by atoms with Crippen LogP contribution in [0.1, 0.15) is 5.56 Å². The number of nitrogens with one attached hydrogen (secondary N) is 1. The summed E-state index contributed by atoms with van der Waals surface area (Å²) >= 11 is 9.94. The highest BCUT2D eigenvalue weighted by molar-refractivity contribution is 9.10. The monoisotopic (exact) mass is 321 g/mol. The number of anilines is 2. The Morgan fingerprint density at radius 2 is 2.19 bits per heavy atom. The maximum Gasteiger partial charge on any atom is 0.187 e. The van der Waals surface area contributed by atoms with E-state index < -0.39 is 0 Å². The van der Waals surface area contributed by atoms with E-state index in [0.29, 0.717) is 15.4 Å². The standard InChI is InChI=1S/C9H6BrClFN3S/c1-4-2-6(12)5(10)3-7(4)13-9-8(11)14-16-15-9/h2-3H,1H3,(H,13,15). The summed E-state index contributed by atoms with van der Waals surface area (Å²) < 4.78 is 21.4. The predicted molar refractivity (Wildman–Crippen MR) is 67.0 cm³/mol. The first-order valence-corrected chi connectivity index (χ1v) is 6.19. The Labute approximate surface area is 109 Å². The van der Waals surface area contributed by atoms with E-state index in [0.717, 1.165) is 23.0 Å². The third-order valence-corrected chi connectivity index (χ3v) is 3.47. The van der Waals surface area contributed by atoms with Gasteiger partial charge in [0.15, 0.2) is 11.0 Å². The van der Waals surface area contributed by atoms with E-state index in [1.165, 1.54) is 6.07 Å². The molecule has 84 valence electrons. The van der Waals surface area contributed by atoms with E-state index in [4.69, 9.17) is 11.6 Å². The Hall–Kier alpha value is -0.720. The normalized spacial score (nSPS) is 10.5. The van der Waals surface area contributed by atoms with Crippen LogP contribution in [-0.4, -0.2) is 8.75 Å². The van der Waals surface area contributed by atoms with Crippen molar-refractivity contribution in [3.05, 3.63) is 33.1 Å². The molecular formula is C9H6BrClFN3S. The van der Waals surface area contributed by atoms with Crippen LogP contribution < -0.4 is 5.32 Å². The molecule has 0 aliphatic rings. The van der Waals surface area contributed by atoms with Crippen molar-refractivity contribution in [2.75, 3.05) is 5.32 Å². The number of rotatable bonds is 2. The highest BCUT2D eigenvalue weighted by atomic mass is 79.9. The first-order chi connectivity index (χ1) is 7.58. The van der Waals surface area contributed by atoms with Gasteiger partial charge in [-0.2, -0.15) is 8.75 Å². The van der Waals surface area contributed by atoms with E-state index in [9.17, 15) is 4.39 Å². The van der Waals surface area contributed by atoms with Gasteiger partial charge in [-0.25, -0.2) is 4.39 Å². The van der Waals surface area contributed by atoms with E-state index in [2.05, 4.69) is 30.0 Å². The second-order valence-electron chi connectivity index (χ2n) is 3.11. The fourth-order valence-corrected chi connectivity index (χ4v) is 2.15. The van der Waals surface area contributed by atoms with Crippen molar-refractivity contribution in [3.63, 3.8) is 0 Å². The summed E-state index contributed by atoms with van der Waals surface area (Å²) in [6.07, 6.45) is 0. The molecule has 0 saturated heterocycles. The van der Waals surface area contributed by atoms with Gasteiger partial charge >= 0.3 is 0 Å². The van der Waals surface area contributed by atoms with Crippen molar-refractivity contribution in [3.8, 4) is 0 Å². The molecule has 0 fully saturated rings. The summed E-state index contributed by atoms with van der Waals surface area (Å²) in [4.78, 5) is 0. The molecule has 7 heteroatoms. The molecule has 0 spiro atoms. The zero-order valence-corrected chi connectivity index (χ0v) is 11.2. The maximum absolute atomic E-state index is 13.2. The smallest absolute Gasteiger partial charge is 0.187 e. The summed E-state index contributed by atoms with van der Waals surface area (Å²) in [6, 6.07) is 3.07. The molecule has 1 aromatic heterocycles. The van der Waals surface area contributed by atoms with Gasteiger partial charge in [0.05, 0.1) is 16.2 Å². The lowest BCUT2D eigenvalue weighted by atomic mass is 10.2. The molecule has 2 rings (SSSR count). The van der Waals surface area contributed by atoms with Gasteiger partial charge in [-0.05, 0) is 40.5 Å². The lowest BCUT2D eigenvalue weighted by molar-refractivity contribution is 0.620. The van der Waals surface area contributed by atoms with Crippen LogP contribution in [0.5, 0.6) is 0 Å². The molecule has 3 nitrogen and oxygen atoms in total. The Morgan fingerprint density at radius 3 is 2.81 bits per heavy atom. The second kappa shape index (κ2) is 4.65. The summed E-state index contributed by atoms with van der Waals surface area (Å²) in [6.45, 7) is 1.80. The molecule has 0 atom stereocenters. The van der Waals surface area contributed by atoms with Crippen molar-refractivity contribution in [2.24, 2.45) is 0 Å². The van der Waals surface area contributed by atoms with E-state index in [1.54, 1.807) is 13.0 Å². The summed E-state index contributed by atoms with van der Waals surface area (Å²) in [5.74, 6) is 0.179. The topological polar surface area (TPSA) is 37.8 Å². The molecule has 16 heavy (non-hydrogen) atoms. The number of benzene rings is 1. The molecule has 1 aromatic carbocycles. The number of halogens is 3. The Bertz CT molecular complexity index is 531. The third kappa shape index (κ3) is 2.34. The molecule has 0 aliphatic heterocycles. The van der Waals surface area contributed by atoms with Gasteiger partial charge in [0, 0.05) is 5.69 Å². The predicted octanol–water partition coefficient (Wildman–Crippen LogP) is 4.15. The molecule has 2 aromatic rings. The minimum atomic E-state index is -0.300. The fraction of sp³-hybridized carbons (Fsp3) is 0.111. The quantitative estimate of drug-likeness (QED) is 0.903. The Balaban J connectivity index is 2.35. The first kappa shape index (κ1) is 11.8. The SMILES string of the molecule is Cc1cc(F)c(Br)cc1Nc1nsnc1Cl.